The van der Waals surface area contributed by atoms with E-state index in [9.17, 15) is 14.7 Å². The molecule has 1 aromatic rings. The van der Waals surface area contributed by atoms with Crippen molar-refractivity contribution in [3.63, 3.8) is 0 Å². The number of amides is 2. The van der Waals surface area contributed by atoms with Gasteiger partial charge in [-0.25, -0.2) is 0 Å². The average Bonchev–Trinajstić information content (AvgIpc) is 3.18. The molecule has 0 radical (unpaired) electrons. The molecule has 1 saturated heterocycles. The number of nitrogens with zero attached hydrogens (tertiary/aromatic N) is 1. The fraction of sp³-hybridized carbons (Fsp3) is 0.636. The average molecular weight is 407 g/mol. The Morgan fingerprint density at radius 3 is 2.39 bits per heavy atom. The van der Waals surface area contributed by atoms with Gasteiger partial charge in [0.05, 0.1) is 5.60 Å². The minimum absolute atomic E-state index is 0.00714. The summed E-state index contributed by atoms with van der Waals surface area (Å²) in [5.41, 5.74) is -0.758. The Bertz CT molecular complexity index is 728. The SMILES string of the molecule is C[C@H](NC(=O)C1CCCC1)C(=O)N1CC[C@](O)(c2ccc(Cl)cc2)C(C)(C)C1. The zero-order valence-electron chi connectivity index (χ0n) is 17.0. The lowest BCUT2D eigenvalue weighted by molar-refractivity contribution is -0.155. The Morgan fingerprint density at radius 2 is 1.82 bits per heavy atom. The van der Waals surface area contributed by atoms with Crippen molar-refractivity contribution in [1.29, 1.82) is 0 Å². The van der Waals surface area contributed by atoms with Crippen molar-refractivity contribution in [3.8, 4) is 0 Å². The maximum Gasteiger partial charge on any atom is 0.244 e. The van der Waals surface area contributed by atoms with Crippen LogP contribution < -0.4 is 5.32 Å². The van der Waals surface area contributed by atoms with E-state index in [1.54, 1.807) is 24.0 Å². The smallest absolute Gasteiger partial charge is 0.244 e. The van der Waals surface area contributed by atoms with Gasteiger partial charge in [-0.3, -0.25) is 9.59 Å². The fourth-order valence-corrected chi connectivity index (χ4v) is 4.75. The molecule has 2 N–H and O–H groups in total. The van der Waals surface area contributed by atoms with Gasteiger partial charge in [0, 0.05) is 29.4 Å². The minimum atomic E-state index is -1.04. The van der Waals surface area contributed by atoms with Crippen LogP contribution in [0.4, 0.5) is 0 Å². The van der Waals surface area contributed by atoms with Crippen LogP contribution in [0.1, 0.15) is 58.4 Å². The number of benzene rings is 1. The fourth-order valence-electron chi connectivity index (χ4n) is 4.63. The first-order valence-electron chi connectivity index (χ1n) is 10.2. The summed E-state index contributed by atoms with van der Waals surface area (Å²) < 4.78 is 0. The lowest BCUT2D eigenvalue weighted by atomic mass is 9.66. The number of likely N-dealkylation sites (tertiary alicyclic amines) is 1. The molecule has 1 aliphatic heterocycles. The number of carbonyl (C=O) groups excluding carboxylic acids is 2. The molecule has 0 bridgehead atoms. The van der Waals surface area contributed by atoms with Crippen LogP contribution in [0.3, 0.4) is 0 Å². The van der Waals surface area contributed by atoms with Crippen molar-refractivity contribution >= 4 is 23.4 Å². The molecule has 28 heavy (non-hydrogen) atoms. The highest BCUT2D eigenvalue weighted by Crippen LogP contribution is 2.46. The number of aliphatic hydroxyl groups is 1. The molecule has 0 unspecified atom stereocenters. The summed E-state index contributed by atoms with van der Waals surface area (Å²) in [6, 6.07) is 6.72. The topological polar surface area (TPSA) is 69.6 Å². The molecule has 1 heterocycles. The molecule has 0 aromatic heterocycles. The van der Waals surface area contributed by atoms with Gasteiger partial charge in [-0.15, -0.1) is 0 Å². The summed E-state index contributed by atoms with van der Waals surface area (Å²) in [5.74, 6) is -0.0482. The predicted molar refractivity (Wildman–Crippen MR) is 110 cm³/mol. The van der Waals surface area contributed by atoms with Gasteiger partial charge in [0.2, 0.25) is 11.8 Å². The number of piperidine rings is 1. The Labute approximate surface area is 172 Å². The van der Waals surface area contributed by atoms with Crippen molar-refractivity contribution < 1.29 is 14.7 Å². The van der Waals surface area contributed by atoms with Crippen molar-refractivity contribution in [2.45, 2.75) is 64.5 Å². The van der Waals surface area contributed by atoms with Crippen molar-refractivity contribution in [2.75, 3.05) is 13.1 Å². The number of nitrogens with one attached hydrogen (secondary N) is 1. The molecule has 6 heteroatoms. The van der Waals surface area contributed by atoms with Gasteiger partial charge < -0.3 is 15.3 Å². The summed E-state index contributed by atoms with van der Waals surface area (Å²) in [6.45, 7) is 6.58. The Hall–Kier alpha value is -1.59. The summed E-state index contributed by atoms with van der Waals surface area (Å²) >= 11 is 5.99. The molecular formula is C22H31ClN2O3. The third-order valence-corrected chi connectivity index (χ3v) is 6.79. The largest absolute Gasteiger partial charge is 0.384 e. The van der Waals surface area contributed by atoms with Gasteiger partial charge in [0.25, 0.3) is 0 Å². The first-order chi connectivity index (χ1) is 13.1. The van der Waals surface area contributed by atoms with Crippen LogP contribution in [-0.2, 0) is 15.2 Å². The van der Waals surface area contributed by atoms with Crippen LogP contribution in [-0.4, -0.2) is 41.0 Å². The third kappa shape index (κ3) is 4.06. The van der Waals surface area contributed by atoms with E-state index in [1.165, 1.54) is 0 Å². The summed E-state index contributed by atoms with van der Waals surface area (Å²) in [6.07, 6.45) is 4.44. The van der Waals surface area contributed by atoms with Gasteiger partial charge in [-0.05, 0) is 43.9 Å². The third-order valence-electron chi connectivity index (χ3n) is 6.54. The van der Waals surface area contributed by atoms with Gasteiger partial charge in [0.15, 0.2) is 0 Å². The second kappa shape index (κ2) is 8.03. The molecular weight excluding hydrogens is 376 g/mol. The highest BCUT2D eigenvalue weighted by atomic mass is 35.5. The van der Waals surface area contributed by atoms with E-state index in [0.717, 1.165) is 31.2 Å². The Morgan fingerprint density at radius 1 is 1.21 bits per heavy atom. The first kappa shape index (κ1) is 21.1. The summed E-state index contributed by atoms with van der Waals surface area (Å²) in [5, 5.41) is 15.0. The molecule has 154 valence electrons. The van der Waals surface area contributed by atoms with Crippen LogP contribution in [0.15, 0.2) is 24.3 Å². The Balaban J connectivity index is 1.66. The van der Waals surface area contributed by atoms with Crippen molar-refractivity contribution in [2.24, 2.45) is 11.3 Å². The maximum absolute atomic E-state index is 12.9. The van der Waals surface area contributed by atoms with E-state index in [2.05, 4.69) is 5.32 Å². The van der Waals surface area contributed by atoms with Gasteiger partial charge in [0.1, 0.15) is 6.04 Å². The number of hydrogen-bond donors (Lipinski definition) is 2. The zero-order valence-corrected chi connectivity index (χ0v) is 17.8. The van der Waals surface area contributed by atoms with Gasteiger partial charge in [-0.1, -0.05) is 50.4 Å². The molecule has 0 spiro atoms. The molecule has 2 atom stereocenters. The molecule has 1 aromatic carbocycles. The quantitative estimate of drug-likeness (QED) is 0.804. The molecule has 2 amide bonds. The number of carbonyl (C=O) groups is 2. The zero-order chi connectivity index (χ0) is 20.5. The lowest BCUT2D eigenvalue weighted by Gasteiger charge is -2.51. The van der Waals surface area contributed by atoms with E-state index in [-0.39, 0.29) is 17.7 Å². The highest BCUT2D eigenvalue weighted by molar-refractivity contribution is 6.30. The highest BCUT2D eigenvalue weighted by Gasteiger charge is 2.50. The second-order valence-electron chi connectivity index (χ2n) is 8.97. The molecule has 3 rings (SSSR count). The van der Waals surface area contributed by atoms with Crippen molar-refractivity contribution in [1.82, 2.24) is 10.2 Å². The first-order valence-corrected chi connectivity index (χ1v) is 10.6. The minimum Gasteiger partial charge on any atom is -0.384 e. The van der Waals surface area contributed by atoms with Gasteiger partial charge in [-0.2, -0.15) is 0 Å². The molecule has 2 fully saturated rings. The molecule has 1 aliphatic carbocycles. The van der Waals surface area contributed by atoms with E-state index < -0.39 is 17.1 Å². The number of hydrogen-bond acceptors (Lipinski definition) is 3. The molecule has 1 saturated carbocycles. The van der Waals surface area contributed by atoms with Crippen LogP contribution >= 0.6 is 11.6 Å². The summed E-state index contributed by atoms with van der Waals surface area (Å²) in [7, 11) is 0. The van der Waals surface area contributed by atoms with Crippen molar-refractivity contribution in [3.05, 3.63) is 34.9 Å². The summed E-state index contributed by atoms with van der Waals surface area (Å²) in [4.78, 5) is 27.1. The number of rotatable bonds is 4. The van der Waals surface area contributed by atoms with E-state index in [4.69, 9.17) is 11.6 Å². The van der Waals surface area contributed by atoms with Crippen LogP contribution in [0, 0.1) is 11.3 Å². The van der Waals surface area contributed by atoms with Crippen LogP contribution in [0.2, 0.25) is 5.02 Å². The van der Waals surface area contributed by atoms with E-state index in [1.807, 2.05) is 26.0 Å². The molecule has 2 aliphatic rings. The molecule has 5 nitrogen and oxygen atoms in total. The standard InChI is InChI=1S/C22H31ClN2O3/c1-15(24-19(26)16-6-4-5-7-16)20(27)25-13-12-22(28,21(2,3)14-25)17-8-10-18(23)11-9-17/h8-11,15-16,28H,4-7,12-14H2,1-3H3,(H,24,26)/t15-,22-/m0/s1. The predicted octanol–water partition coefficient (Wildman–Crippen LogP) is 3.48. The van der Waals surface area contributed by atoms with E-state index in [0.29, 0.717) is 24.5 Å². The monoisotopic (exact) mass is 406 g/mol. The lowest BCUT2D eigenvalue weighted by Crippen LogP contribution is -2.59. The van der Waals surface area contributed by atoms with E-state index >= 15 is 0 Å². The van der Waals surface area contributed by atoms with Crippen LogP contribution in [0.25, 0.3) is 0 Å². The van der Waals surface area contributed by atoms with Gasteiger partial charge >= 0.3 is 0 Å². The number of halogens is 1. The maximum atomic E-state index is 12.9. The normalized spacial score (nSPS) is 26.1. The van der Waals surface area contributed by atoms with Crippen LogP contribution in [0.5, 0.6) is 0 Å². The second-order valence-corrected chi connectivity index (χ2v) is 9.41. The Kier molecular flexibility index (Phi) is 6.06.